The van der Waals surface area contributed by atoms with Crippen molar-refractivity contribution in [3.63, 3.8) is 0 Å². The lowest BCUT2D eigenvalue weighted by Crippen LogP contribution is -2.14. The van der Waals surface area contributed by atoms with Gasteiger partial charge in [0.05, 0.1) is 7.11 Å². The summed E-state index contributed by atoms with van der Waals surface area (Å²) in [6, 6.07) is 15.9. The Morgan fingerprint density at radius 3 is 2.62 bits per heavy atom. The molecule has 1 amide bonds. The first-order valence-electron chi connectivity index (χ1n) is 7.87. The highest BCUT2D eigenvalue weighted by Crippen LogP contribution is 2.22. The van der Waals surface area contributed by atoms with Crippen molar-refractivity contribution in [3.8, 4) is 5.75 Å². The third-order valence-electron chi connectivity index (χ3n) is 3.68. The van der Waals surface area contributed by atoms with Crippen molar-refractivity contribution in [1.29, 1.82) is 0 Å². The molecule has 0 aliphatic heterocycles. The number of anilines is 3. The number of halogens is 1. The predicted octanol–water partition coefficient (Wildman–Crippen LogP) is 4.44. The summed E-state index contributed by atoms with van der Waals surface area (Å²) in [7, 11) is 1.57. The van der Waals surface area contributed by atoms with Gasteiger partial charge in [-0.2, -0.15) is 0 Å². The zero-order valence-electron chi connectivity index (χ0n) is 14.3. The second kappa shape index (κ2) is 7.84. The molecular formula is C19H17ClN4O2. The SMILES string of the molecule is COc1cccc(NC(=O)c2ccc(Nc3ccc(Cl)cc3C)nn2)c1. The number of hydrogen-bond donors (Lipinski definition) is 2. The Morgan fingerprint density at radius 2 is 1.92 bits per heavy atom. The molecule has 0 fully saturated rings. The predicted molar refractivity (Wildman–Crippen MR) is 102 cm³/mol. The van der Waals surface area contributed by atoms with Crippen molar-refractivity contribution < 1.29 is 9.53 Å². The van der Waals surface area contributed by atoms with Gasteiger partial charge in [0.15, 0.2) is 11.5 Å². The highest BCUT2D eigenvalue weighted by Gasteiger charge is 2.10. The van der Waals surface area contributed by atoms with Gasteiger partial charge in [-0.05, 0) is 55.0 Å². The minimum Gasteiger partial charge on any atom is -0.497 e. The van der Waals surface area contributed by atoms with Crippen LogP contribution >= 0.6 is 11.6 Å². The lowest BCUT2D eigenvalue weighted by atomic mass is 10.2. The Hall–Kier alpha value is -3.12. The first-order valence-corrected chi connectivity index (χ1v) is 8.25. The van der Waals surface area contributed by atoms with Gasteiger partial charge in [0.1, 0.15) is 5.75 Å². The molecule has 1 aromatic heterocycles. The van der Waals surface area contributed by atoms with E-state index in [2.05, 4.69) is 20.8 Å². The molecule has 0 aliphatic rings. The molecule has 0 spiro atoms. The third kappa shape index (κ3) is 4.29. The number of methoxy groups -OCH3 is 1. The fraction of sp³-hybridized carbons (Fsp3) is 0.105. The lowest BCUT2D eigenvalue weighted by Gasteiger charge is -2.09. The minimum absolute atomic E-state index is 0.214. The average Bonchev–Trinajstić information content (AvgIpc) is 2.64. The van der Waals surface area contributed by atoms with Crippen molar-refractivity contribution in [2.75, 3.05) is 17.7 Å². The maximum Gasteiger partial charge on any atom is 0.276 e. The number of aromatic nitrogens is 2. The van der Waals surface area contributed by atoms with Crippen molar-refractivity contribution in [2.24, 2.45) is 0 Å². The van der Waals surface area contributed by atoms with Crippen LogP contribution in [0.4, 0.5) is 17.2 Å². The summed E-state index contributed by atoms with van der Waals surface area (Å²) in [6.45, 7) is 1.94. The van der Waals surface area contributed by atoms with Gasteiger partial charge in [-0.15, -0.1) is 10.2 Å². The van der Waals surface area contributed by atoms with E-state index >= 15 is 0 Å². The Morgan fingerprint density at radius 1 is 1.08 bits per heavy atom. The van der Waals surface area contributed by atoms with Gasteiger partial charge < -0.3 is 15.4 Å². The fourth-order valence-electron chi connectivity index (χ4n) is 2.32. The van der Waals surface area contributed by atoms with Crippen LogP contribution in [0.15, 0.2) is 54.6 Å². The van der Waals surface area contributed by atoms with Crippen LogP contribution in [0.5, 0.6) is 5.75 Å². The number of rotatable bonds is 5. The third-order valence-corrected chi connectivity index (χ3v) is 3.91. The topological polar surface area (TPSA) is 76.1 Å². The van der Waals surface area contributed by atoms with E-state index in [0.717, 1.165) is 11.3 Å². The monoisotopic (exact) mass is 368 g/mol. The van der Waals surface area contributed by atoms with Gasteiger partial charge in [0.2, 0.25) is 0 Å². The number of hydrogen-bond acceptors (Lipinski definition) is 5. The normalized spacial score (nSPS) is 10.3. The van der Waals surface area contributed by atoms with Crippen LogP contribution in [0, 0.1) is 6.92 Å². The van der Waals surface area contributed by atoms with Crippen LogP contribution in [-0.4, -0.2) is 23.2 Å². The second-order valence-electron chi connectivity index (χ2n) is 5.57. The van der Waals surface area contributed by atoms with Crippen LogP contribution in [0.1, 0.15) is 16.1 Å². The Labute approximate surface area is 156 Å². The number of aryl methyl sites for hydroxylation is 1. The first-order chi connectivity index (χ1) is 12.5. The molecule has 132 valence electrons. The quantitative estimate of drug-likeness (QED) is 0.696. The standard InChI is InChI=1S/C19H17ClN4O2/c1-12-10-13(20)6-7-16(12)22-18-9-8-17(23-24-18)19(25)21-14-4-3-5-15(11-14)26-2/h3-11H,1-2H3,(H,21,25)(H,22,24). The summed E-state index contributed by atoms with van der Waals surface area (Å²) >= 11 is 5.95. The Kier molecular flexibility index (Phi) is 5.34. The molecule has 0 aliphatic carbocycles. The molecule has 2 aromatic carbocycles. The van der Waals surface area contributed by atoms with Crippen molar-refractivity contribution in [1.82, 2.24) is 10.2 Å². The number of nitrogens with one attached hydrogen (secondary N) is 2. The largest absolute Gasteiger partial charge is 0.497 e. The van der Waals surface area contributed by atoms with Crippen molar-refractivity contribution in [2.45, 2.75) is 6.92 Å². The smallest absolute Gasteiger partial charge is 0.276 e. The number of amides is 1. The van der Waals surface area contributed by atoms with Crippen LogP contribution in [0.25, 0.3) is 0 Å². The molecule has 1 heterocycles. The summed E-state index contributed by atoms with van der Waals surface area (Å²) < 4.78 is 5.14. The van der Waals surface area contributed by atoms with Crippen LogP contribution in [0.2, 0.25) is 5.02 Å². The van der Waals surface area contributed by atoms with Gasteiger partial charge in [-0.25, -0.2) is 0 Å². The number of carbonyl (C=O) groups excluding carboxylic acids is 1. The molecule has 26 heavy (non-hydrogen) atoms. The van der Waals surface area contributed by atoms with Crippen LogP contribution in [-0.2, 0) is 0 Å². The highest BCUT2D eigenvalue weighted by molar-refractivity contribution is 6.30. The van der Waals surface area contributed by atoms with E-state index in [-0.39, 0.29) is 11.6 Å². The van der Waals surface area contributed by atoms with E-state index in [0.29, 0.717) is 22.3 Å². The molecule has 0 atom stereocenters. The molecule has 0 radical (unpaired) electrons. The van der Waals surface area contributed by atoms with Crippen LogP contribution in [0.3, 0.4) is 0 Å². The average molecular weight is 369 g/mol. The summed E-state index contributed by atoms with van der Waals surface area (Å²) in [6.07, 6.45) is 0. The molecule has 7 heteroatoms. The number of ether oxygens (including phenoxy) is 1. The summed E-state index contributed by atoms with van der Waals surface area (Å²) in [5.74, 6) is 0.847. The Bertz CT molecular complexity index is 929. The first kappa shape index (κ1) is 17.7. The van der Waals surface area contributed by atoms with E-state index in [9.17, 15) is 4.79 Å². The van der Waals surface area contributed by atoms with E-state index in [1.165, 1.54) is 0 Å². The van der Waals surface area contributed by atoms with Crippen LogP contribution < -0.4 is 15.4 Å². The van der Waals surface area contributed by atoms with E-state index in [4.69, 9.17) is 16.3 Å². The summed E-state index contributed by atoms with van der Waals surface area (Å²) in [4.78, 5) is 12.3. The molecule has 0 bridgehead atoms. The zero-order chi connectivity index (χ0) is 18.5. The molecular weight excluding hydrogens is 352 g/mol. The molecule has 3 aromatic rings. The summed E-state index contributed by atoms with van der Waals surface area (Å²) in [5.41, 5.74) is 2.69. The molecule has 2 N–H and O–H groups in total. The summed E-state index contributed by atoms with van der Waals surface area (Å²) in [5, 5.41) is 14.6. The van der Waals surface area contributed by atoms with E-state index in [1.54, 1.807) is 49.6 Å². The number of benzene rings is 2. The lowest BCUT2D eigenvalue weighted by molar-refractivity contribution is 0.102. The van der Waals surface area contributed by atoms with Gasteiger partial charge in [-0.3, -0.25) is 4.79 Å². The second-order valence-corrected chi connectivity index (χ2v) is 6.01. The van der Waals surface area contributed by atoms with Gasteiger partial charge in [0.25, 0.3) is 5.91 Å². The van der Waals surface area contributed by atoms with Gasteiger partial charge in [0, 0.05) is 22.5 Å². The van der Waals surface area contributed by atoms with E-state index < -0.39 is 0 Å². The molecule has 6 nitrogen and oxygen atoms in total. The maximum atomic E-state index is 12.3. The highest BCUT2D eigenvalue weighted by atomic mass is 35.5. The van der Waals surface area contributed by atoms with E-state index in [1.807, 2.05) is 19.1 Å². The van der Waals surface area contributed by atoms with Gasteiger partial charge >= 0.3 is 0 Å². The van der Waals surface area contributed by atoms with Crippen molar-refractivity contribution >= 4 is 34.7 Å². The van der Waals surface area contributed by atoms with Crippen molar-refractivity contribution in [3.05, 3.63) is 70.9 Å². The molecule has 0 saturated heterocycles. The number of nitrogens with zero attached hydrogens (tertiary/aromatic N) is 2. The minimum atomic E-state index is -0.347. The maximum absolute atomic E-state index is 12.3. The Balaban J connectivity index is 1.69. The van der Waals surface area contributed by atoms with Gasteiger partial charge in [-0.1, -0.05) is 17.7 Å². The molecule has 0 unspecified atom stereocenters. The zero-order valence-corrected chi connectivity index (χ0v) is 15.0. The fourth-order valence-corrected chi connectivity index (χ4v) is 2.55. The molecule has 0 saturated carbocycles. The number of carbonyl (C=O) groups is 1. The molecule has 3 rings (SSSR count).